The standard InChI is InChI=1S/C14H17ClN2O4/c1-9(14(18)16-10-4-2-3-5-10)21-13-8-11(17(19)20)6-7-12(13)15/h6-10H,2-5H2,1H3,(H,16,18). The highest BCUT2D eigenvalue weighted by Crippen LogP contribution is 2.29. The number of nitro groups is 1. The third kappa shape index (κ3) is 4.07. The Kier molecular flexibility index (Phi) is 5.01. The van der Waals surface area contributed by atoms with E-state index in [4.69, 9.17) is 16.3 Å². The molecule has 114 valence electrons. The van der Waals surface area contributed by atoms with E-state index in [0.717, 1.165) is 25.7 Å². The average Bonchev–Trinajstić information content (AvgIpc) is 2.93. The molecule has 0 radical (unpaired) electrons. The molecule has 7 heteroatoms. The van der Waals surface area contributed by atoms with Crippen LogP contribution in [0.15, 0.2) is 18.2 Å². The van der Waals surface area contributed by atoms with Crippen LogP contribution in [0, 0.1) is 10.1 Å². The molecule has 1 saturated carbocycles. The lowest BCUT2D eigenvalue weighted by molar-refractivity contribution is -0.384. The van der Waals surface area contributed by atoms with Gasteiger partial charge in [-0.3, -0.25) is 14.9 Å². The molecule has 0 aromatic heterocycles. The number of non-ortho nitro benzene ring substituents is 1. The summed E-state index contributed by atoms with van der Waals surface area (Å²) >= 11 is 5.94. The van der Waals surface area contributed by atoms with E-state index in [-0.39, 0.29) is 28.4 Å². The molecule has 0 heterocycles. The highest BCUT2D eigenvalue weighted by atomic mass is 35.5. The first-order valence-electron chi connectivity index (χ1n) is 6.88. The van der Waals surface area contributed by atoms with Gasteiger partial charge in [-0.2, -0.15) is 0 Å². The SMILES string of the molecule is CC(Oc1cc([N+](=O)[O-])ccc1Cl)C(=O)NC1CCCC1. The molecule has 1 aliphatic rings. The number of carbonyl (C=O) groups is 1. The zero-order valence-corrected chi connectivity index (χ0v) is 12.4. The Balaban J connectivity index is 2.00. The Morgan fingerprint density at radius 3 is 2.76 bits per heavy atom. The van der Waals surface area contributed by atoms with Gasteiger partial charge >= 0.3 is 0 Å². The van der Waals surface area contributed by atoms with E-state index in [2.05, 4.69) is 5.32 Å². The predicted molar refractivity (Wildman–Crippen MR) is 78.6 cm³/mol. The van der Waals surface area contributed by atoms with Gasteiger partial charge in [0, 0.05) is 12.1 Å². The summed E-state index contributed by atoms with van der Waals surface area (Å²) in [6, 6.07) is 4.10. The molecule has 1 atom stereocenters. The molecule has 0 saturated heterocycles. The van der Waals surface area contributed by atoms with E-state index in [1.54, 1.807) is 6.92 Å². The van der Waals surface area contributed by atoms with Crippen molar-refractivity contribution in [1.82, 2.24) is 5.32 Å². The second kappa shape index (κ2) is 6.76. The number of nitrogens with zero attached hydrogens (tertiary/aromatic N) is 1. The lowest BCUT2D eigenvalue weighted by atomic mass is 10.2. The van der Waals surface area contributed by atoms with Gasteiger partial charge in [-0.05, 0) is 25.8 Å². The van der Waals surface area contributed by atoms with Gasteiger partial charge in [0.15, 0.2) is 6.10 Å². The number of benzene rings is 1. The maximum absolute atomic E-state index is 12.0. The van der Waals surface area contributed by atoms with Crippen molar-refractivity contribution in [3.63, 3.8) is 0 Å². The van der Waals surface area contributed by atoms with Gasteiger partial charge in [-0.25, -0.2) is 0 Å². The highest BCUT2D eigenvalue weighted by molar-refractivity contribution is 6.32. The minimum atomic E-state index is -0.759. The predicted octanol–water partition coefficient (Wildman–Crippen LogP) is 3.07. The fourth-order valence-corrected chi connectivity index (χ4v) is 2.49. The normalized spacial score (nSPS) is 16.5. The molecule has 1 amide bonds. The monoisotopic (exact) mass is 312 g/mol. The van der Waals surface area contributed by atoms with Gasteiger partial charge in [0.25, 0.3) is 11.6 Å². The molecular weight excluding hydrogens is 296 g/mol. The van der Waals surface area contributed by atoms with Crippen molar-refractivity contribution < 1.29 is 14.5 Å². The quantitative estimate of drug-likeness (QED) is 0.669. The van der Waals surface area contributed by atoms with Crippen LogP contribution in [0.5, 0.6) is 5.75 Å². The molecule has 0 aliphatic heterocycles. The van der Waals surface area contributed by atoms with E-state index in [9.17, 15) is 14.9 Å². The lowest BCUT2D eigenvalue weighted by Gasteiger charge is -2.18. The molecule has 0 bridgehead atoms. The van der Waals surface area contributed by atoms with Crippen LogP contribution in [0.4, 0.5) is 5.69 Å². The highest BCUT2D eigenvalue weighted by Gasteiger charge is 2.22. The van der Waals surface area contributed by atoms with Crippen molar-refractivity contribution >= 4 is 23.2 Å². The number of carbonyl (C=O) groups excluding carboxylic acids is 1. The summed E-state index contributed by atoms with van der Waals surface area (Å²) in [5.41, 5.74) is -0.127. The second-order valence-electron chi connectivity index (χ2n) is 5.12. The Hall–Kier alpha value is -1.82. The van der Waals surface area contributed by atoms with Crippen LogP contribution in [0.25, 0.3) is 0 Å². The number of hydrogen-bond donors (Lipinski definition) is 1. The summed E-state index contributed by atoms with van der Waals surface area (Å²) in [6.45, 7) is 1.60. The molecular formula is C14H17ClN2O4. The summed E-state index contributed by atoms with van der Waals surface area (Å²) in [6.07, 6.45) is 3.45. The number of nitro benzene ring substituents is 1. The van der Waals surface area contributed by atoms with Crippen molar-refractivity contribution in [3.8, 4) is 5.75 Å². The number of halogens is 1. The number of ether oxygens (including phenoxy) is 1. The van der Waals surface area contributed by atoms with E-state index < -0.39 is 11.0 Å². The molecule has 1 fully saturated rings. The largest absolute Gasteiger partial charge is 0.479 e. The molecule has 1 aromatic carbocycles. The first kappa shape index (κ1) is 15.6. The maximum Gasteiger partial charge on any atom is 0.273 e. The van der Waals surface area contributed by atoms with Gasteiger partial charge in [0.1, 0.15) is 5.75 Å². The maximum atomic E-state index is 12.0. The van der Waals surface area contributed by atoms with E-state index in [1.807, 2.05) is 0 Å². The van der Waals surface area contributed by atoms with Crippen molar-refractivity contribution in [2.45, 2.75) is 44.8 Å². The molecule has 0 spiro atoms. The molecule has 21 heavy (non-hydrogen) atoms. The van der Waals surface area contributed by atoms with Gasteiger partial charge < -0.3 is 10.1 Å². The van der Waals surface area contributed by atoms with Gasteiger partial charge in [-0.15, -0.1) is 0 Å². The van der Waals surface area contributed by atoms with Crippen LogP contribution in [-0.4, -0.2) is 23.0 Å². The molecule has 1 aliphatic carbocycles. The summed E-state index contributed by atoms with van der Waals surface area (Å²) in [5.74, 6) is -0.0931. The average molecular weight is 313 g/mol. The number of rotatable bonds is 5. The van der Waals surface area contributed by atoms with Crippen molar-refractivity contribution in [2.75, 3.05) is 0 Å². The van der Waals surface area contributed by atoms with E-state index >= 15 is 0 Å². The Morgan fingerprint density at radius 1 is 1.48 bits per heavy atom. The van der Waals surface area contributed by atoms with E-state index in [0.29, 0.717) is 0 Å². The molecule has 2 rings (SSSR count). The summed E-state index contributed by atoms with van der Waals surface area (Å²) in [7, 11) is 0. The van der Waals surface area contributed by atoms with Crippen LogP contribution in [0.1, 0.15) is 32.6 Å². The van der Waals surface area contributed by atoms with Crippen LogP contribution in [0.2, 0.25) is 5.02 Å². The third-order valence-corrected chi connectivity index (χ3v) is 3.81. The van der Waals surface area contributed by atoms with Crippen LogP contribution in [0.3, 0.4) is 0 Å². The summed E-state index contributed by atoms with van der Waals surface area (Å²) in [5, 5.41) is 13.9. The number of hydrogen-bond acceptors (Lipinski definition) is 4. The zero-order valence-electron chi connectivity index (χ0n) is 11.7. The Morgan fingerprint density at radius 2 is 2.14 bits per heavy atom. The minimum Gasteiger partial charge on any atom is -0.479 e. The van der Waals surface area contributed by atoms with Crippen LogP contribution in [-0.2, 0) is 4.79 Å². The molecule has 1 unspecified atom stereocenters. The zero-order chi connectivity index (χ0) is 15.4. The first-order chi connectivity index (χ1) is 9.97. The molecule has 1 N–H and O–H groups in total. The van der Waals surface area contributed by atoms with Gasteiger partial charge in [-0.1, -0.05) is 24.4 Å². The fraction of sp³-hybridized carbons (Fsp3) is 0.500. The van der Waals surface area contributed by atoms with Crippen LogP contribution < -0.4 is 10.1 Å². The third-order valence-electron chi connectivity index (χ3n) is 3.50. The number of amides is 1. The smallest absolute Gasteiger partial charge is 0.273 e. The first-order valence-corrected chi connectivity index (χ1v) is 7.26. The molecule has 6 nitrogen and oxygen atoms in total. The number of nitrogens with one attached hydrogen (secondary N) is 1. The summed E-state index contributed by atoms with van der Waals surface area (Å²) in [4.78, 5) is 22.2. The minimum absolute atomic E-state index is 0.127. The Labute approximate surface area is 127 Å². The van der Waals surface area contributed by atoms with Gasteiger partial charge in [0.2, 0.25) is 0 Å². The topological polar surface area (TPSA) is 81.5 Å². The molecule has 1 aromatic rings. The van der Waals surface area contributed by atoms with Crippen molar-refractivity contribution in [2.24, 2.45) is 0 Å². The lowest BCUT2D eigenvalue weighted by Crippen LogP contribution is -2.41. The van der Waals surface area contributed by atoms with Crippen molar-refractivity contribution in [1.29, 1.82) is 0 Å². The Bertz CT molecular complexity index is 544. The second-order valence-corrected chi connectivity index (χ2v) is 5.53. The van der Waals surface area contributed by atoms with Gasteiger partial charge in [0.05, 0.1) is 16.0 Å². The fourth-order valence-electron chi connectivity index (χ4n) is 2.33. The van der Waals surface area contributed by atoms with Crippen molar-refractivity contribution in [3.05, 3.63) is 33.3 Å². The van der Waals surface area contributed by atoms with Crippen LogP contribution >= 0.6 is 11.6 Å². The van der Waals surface area contributed by atoms with E-state index in [1.165, 1.54) is 18.2 Å². The summed E-state index contributed by atoms with van der Waals surface area (Å²) < 4.78 is 5.46.